The van der Waals surface area contributed by atoms with Gasteiger partial charge in [0.25, 0.3) is 11.8 Å². The van der Waals surface area contributed by atoms with E-state index >= 15 is 0 Å². The molecule has 3 N–H and O–H groups in total. The second kappa shape index (κ2) is 9.59. The molecule has 2 aliphatic rings. The van der Waals surface area contributed by atoms with Gasteiger partial charge >= 0.3 is 0 Å². The fourth-order valence-corrected chi connectivity index (χ4v) is 4.16. The Bertz CT molecular complexity index is 672. The normalized spacial score (nSPS) is 19.3. The van der Waals surface area contributed by atoms with Crippen molar-refractivity contribution in [2.45, 2.75) is 26.3 Å². The molecule has 1 aromatic carbocycles. The number of rotatable bonds is 5. The maximum absolute atomic E-state index is 12.7. The fraction of sp³-hybridized carbons (Fsp3) is 0.636. The van der Waals surface area contributed by atoms with Gasteiger partial charge in [0.15, 0.2) is 13.1 Å². The molecular weight excluding hydrogens is 366 g/mol. The monoisotopic (exact) mass is 403 g/mol. The van der Waals surface area contributed by atoms with Crippen LogP contribution >= 0.6 is 0 Å². The van der Waals surface area contributed by atoms with Gasteiger partial charge in [0, 0.05) is 11.2 Å². The molecule has 2 fully saturated rings. The number of anilines is 1. The highest BCUT2D eigenvalue weighted by atomic mass is 16.2. The van der Waals surface area contributed by atoms with Crippen molar-refractivity contribution in [1.82, 2.24) is 10.2 Å². The third kappa shape index (κ3) is 6.72. The maximum atomic E-state index is 12.7. The molecule has 0 bridgehead atoms. The van der Waals surface area contributed by atoms with Crippen LogP contribution in [-0.4, -0.2) is 87.7 Å². The molecule has 0 atom stereocenters. The summed E-state index contributed by atoms with van der Waals surface area (Å²) in [6.07, 6.45) is 0. The Kier molecular flexibility index (Phi) is 7.14. The summed E-state index contributed by atoms with van der Waals surface area (Å²) < 4.78 is 0. The molecular formula is C22H37N5O2+2. The van der Waals surface area contributed by atoms with Crippen LogP contribution in [0.15, 0.2) is 30.3 Å². The van der Waals surface area contributed by atoms with E-state index in [9.17, 15) is 9.59 Å². The lowest BCUT2D eigenvalue weighted by molar-refractivity contribution is -0.898. The minimum Gasteiger partial charge on any atom is -0.360 e. The van der Waals surface area contributed by atoms with Crippen LogP contribution in [0, 0.1) is 0 Å². The van der Waals surface area contributed by atoms with Crippen LogP contribution < -0.4 is 20.0 Å². The topological polar surface area (TPSA) is 61.5 Å². The van der Waals surface area contributed by atoms with E-state index in [1.165, 1.54) is 15.5 Å². The van der Waals surface area contributed by atoms with E-state index in [-0.39, 0.29) is 17.4 Å². The van der Waals surface area contributed by atoms with Crippen LogP contribution in [0.25, 0.3) is 0 Å². The summed E-state index contributed by atoms with van der Waals surface area (Å²) in [5, 5.41) is 3.02. The highest BCUT2D eigenvalue weighted by Gasteiger charge is 2.29. The van der Waals surface area contributed by atoms with Crippen molar-refractivity contribution >= 4 is 17.5 Å². The van der Waals surface area contributed by atoms with Gasteiger partial charge in [-0.05, 0) is 32.9 Å². The van der Waals surface area contributed by atoms with Gasteiger partial charge in [-0.25, -0.2) is 0 Å². The number of carbonyl (C=O) groups is 2. The Morgan fingerprint density at radius 2 is 1.45 bits per heavy atom. The molecule has 0 radical (unpaired) electrons. The van der Waals surface area contributed by atoms with Crippen molar-refractivity contribution in [1.29, 1.82) is 0 Å². The molecule has 2 aliphatic heterocycles. The highest BCUT2D eigenvalue weighted by Crippen LogP contribution is 2.12. The van der Waals surface area contributed by atoms with E-state index in [2.05, 4.69) is 34.5 Å². The standard InChI is InChI=1S/C22H35N5O2/c1-22(2,3)23-20(28)17-24-11-15-27(16-12-24)21(29)18-25-9-13-26(14-10-25)19-7-5-4-6-8-19/h4-8H,9-18H2,1-3H3,(H,23,28)/p+2. The molecule has 0 unspecified atom stereocenters. The number of quaternary nitrogens is 2. The predicted octanol–water partition coefficient (Wildman–Crippen LogP) is -1.97. The highest BCUT2D eigenvalue weighted by molar-refractivity contribution is 5.78. The van der Waals surface area contributed by atoms with Gasteiger partial charge in [0.2, 0.25) is 0 Å². The lowest BCUT2D eigenvalue weighted by Gasteiger charge is -2.36. The number of hydrogen-bond acceptors (Lipinski definition) is 3. The summed E-state index contributed by atoms with van der Waals surface area (Å²) in [4.78, 5) is 31.9. The van der Waals surface area contributed by atoms with Crippen molar-refractivity contribution in [2.75, 3.05) is 70.3 Å². The number of nitrogens with one attached hydrogen (secondary N) is 3. The van der Waals surface area contributed by atoms with Crippen LogP contribution in [0.1, 0.15) is 20.8 Å². The summed E-state index contributed by atoms with van der Waals surface area (Å²) in [6, 6.07) is 10.5. The van der Waals surface area contributed by atoms with Crippen LogP contribution in [0.5, 0.6) is 0 Å². The second-order valence-corrected chi connectivity index (χ2v) is 9.36. The zero-order valence-corrected chi connectivity index (χ0v) is 18.2. The van der Waals surface area contributed by atoms with E-state index in [1.807, 2.05) is 31.7 Å². The number of carbonyl (C=O) groups excluding carboxylic acids is 2. The van der Waals surface area contributed by atoms with Gasteiger partial charge in [-0.1, -0.05) is 18.2 Å². The molecule has 160 valence electrons. The van der Waals surface area contributed by atoms with Gasteiger partial charge in [0.1, 0.15) is 0 Å². The predicted molar refractivity (Wildman–Crippen MR) is 114 cm³/mol. The first-order chi connectivity index (χ1) is 13.8. The van der Waals surface area contributed by atoms with E-state index < -0.39 is 0 Å². The Labute approximate surface area is 174 Å². The summed E-state index contributed by atoms with van der Waals surface area (Å²) in [7, 11) is 0. The lowest BCUT2D eigenvalue weighted by atomic mass is 10.1. The maximum Gasteiger partial charge on any atom is 0.278 e. The zero-order valence-electron chi connectivity index (χ0n) is 18.2. The van der Waals surface area contributed by atoms with E-state index in [4.69, 9.17) is 0 Å². The van der Waals surface area contributed by atoms with Gasteiger partial charge < -0.3 is 24.9 Å². The minimum atomic E-state index is -0.193. The summed E-state index contributed by atoms with van der Waals surface area (Å²) in [6.45, 7) is 14.3. The molecule has 0 spiro atoms. The molecule has 2 heterocycles. The molecule has 29 heavy (non-hydrogen) atoms. The fourth-order valence-electron chi connectivity index (χ4n) is 4.16. The molecule has 1 aromatic rings. The number of para-hydroxylation sites is 1. The van der Waals surface area contributed by atoms with Gasteiger partial charge in [-0.15, -0.1) is 0 Å². The van der Waals surface area contributed by atoms with Crippen molar-refractivity contribution in [3.63, 3.8) is 0 Å². The van der Waals surface area contributed by atoms with Crippen LogP contribution in [0.3, 0.4) is 0 Å². The molecule has 7 heteroatoms. The average Bonchev–Trinajstić information content (AvgIpc) is 2.68. The number of piperazine rings is 2. The summed E-state index contributed by atoms with van der Waals surface area (Å²) in [5.74, 6) is 0.347. The van der Waals surface area contributed by atoms with Gasteiger partial charge in [-0.3, -0.25) is 9.59 Å². The first kappa shape index (κ1) is 21.6. The van der Waals surface area contributed by atoms with Crippen molar-refractivity contribution in [3.05, 3.63) is 30.3 Å². The summed E-state index contributed by atoms with van der Waals surface area (Å²) >= 11 is 0. The van der Waals surface area contributed by atoms with Crippen molar-refractivity contribution in [3.8, 4) is 0 Å². The number of benzene rings is 1. The minimum absolute atomic E-state index is 0.0907. The zero-order chi connectivity index (χ0) is 20.9. The molecule has 2 saturated heterocycles. The van der Waals surface area contributed by atoms with E-state index in [1.54, 1.807) is 0 Å². The first-order valence-corrected chi connectivity index (χ1v) is 10.9. The SMILES string of the molecule is CC(C)(C)NC(=O)C[NH+]1CCN(C(=O)C[NH+]2CCN(c3ccccc3)CC2)CC1. The first-order valence-electron chi connectivity index (χ1n) is 10.9. The third-order valence-electron chi connectivity index (χ3n) is 5.74. The number of hydrogen-bond donors (Lipinski definition) is 3. The van der Waals surface area contributed by atoms with Crippen LogP contribution in [-0.2, 0) is 9.59 Å². The Morgan fingerprint density at radius 1 is 0.897 bits per heavy atom. The summed E-state index contributed by atoms with van der Waals surface area (Å²) in [5.41, 5.74) is 1.08. The largest absolute Gasteiger partial charge is 0.360 e. The Hall–Kier alpha value is -2.12. The quantitative estimate of drug-likeness (QED) is 0.535. The third-order valence-corrected chi connectivity index (χ3v) is 5.74. The Balaban J connectivity index is 1.37. The van der Waals surface area contributed by atoms with Crippen LogP contribution in [0.4, 0.5) is 5.69 Å². The number of amides is 2. The van der Waals surface area contributed by atoms with E-state index in [0.29, 0.717) is 13.1 Å². The molecule has 7 nitrogen and oxygen atoms in total. The lowest BCUT2D eigenvalue weighted by Crippen LogP contribution is -3.17. The molecule has 3 rings (SSSR count). The molecule has 0 saturated carbocycles. The Morgan fingerprint density at radius 3 is 2.03 bits per heavy atom. The molecule has 0 aromatic heterocycles. The number of nitrogens with zero attached hydrogens (tertiary/aromatic N) is 2. The second-order valence-electron chi connectivity index (χ2n) is 9.36. The van der Waals surface area contributed by atoms with Crippen molar-refractivity contribution in [2.24, 2.45) is 0 Å². The molecule has 2 amide bonds. The van der Waals surface area contributed by atoms with Crippen molar-refractivity contribution < 1.29 is 19.4 Å². The van der Waals surface area contributed by atoms with Crippen LogP contribution in [0.2, 0.25) is 0 Å². The molecule has 0 aliphatic carbocycles. The van der Waals surface area contributed by atoms with E-state index in [0.717, 1.165) is 52.4 Å². The smallest absolute Gasteiger partial charge is 0.278 e. The van der Waals surface area contributed by atoms with Gasteiger partial charge in [0.05, 0.1) is 52.4 Å². The van der Waals surface area contributed by atoms with Gasteiger partial charge in [-0.2, -0.15) is 0 Å². The average molecular weight is 404 g/mol.